The van der Waals surface area contributed by atoms with Crippen molar-refractivity contribution in [2.75, 3.05) is 26.2 Å². The number of rotatable bonds is 7. The maximum Gasteiger partial charge on any atom is 0.0674 e. The van der Waals surface area contributed by atoms with Crippen LogP contribution in [0.15, 0.2) is 29.9 Å². The summed E-state index contributed by atoms with van der Waals surface area (Å²) in [5.41, 5.74) is 1.24. The van der Waals surface area contributed by atoms with Gasteiger partial charge in [0.05, 0.1) is 24.9 Å². The predicted molar refractivity (Wildman–Crippen MR) is 93.7 cm³/mol. The zero-order chi connectivity index (χ0) is 16.1. The van der Waals surface area contributed by atoms with E-state index in [4.69, 9.17) is 4.74 Å². The molecule has 2 aromatic heterocycles. The number of aryl methyl sites for hydroxylation is 1. The fraction of sp³-hybridized carbons (Fsp3) is 0.588. The van der Waals surface area contributed by atoms with Gasteiger partial charge in [-0.2, -0.15) is 5.10 Å². The Morgan fingerprint density at radius 1 is 1.52 bits per heavy atom. The lowest BCUT2D eigenvalue weighted by atomic mass is 10.1. The smallest absolute Gasteiger partial charge is 0.0674 e. The molecular formula is C17H26N4OS. The van der Waals surface area contributed by atoms with E-state index in [1.165, 1.54) is 10.4 Å². The van der Waals surface area contributed by atoms with Crippen LogP contribution in [0.5, 0.6) is 0 Å². The SMILES string of the molecule is CCn1cc(CNC[C@H](c2cccs2)N2CCO[C@@H](C)C2)cn1. The second kappa shape index (κ2) is 8.06. The summed E-state index contributed by atoms with van der Waals surface area (Å²) in [5, 5.41) is 10.1. The van der Waals surface area contributed by atoms with Crippen molar-refractivity contribution < 1.29 is 4.74 Å². The van der Waals surface area contributed by atoms with Gasteiger partial charge < -0.3 is 10.1 Å². The third-order valence-corrected chi connectivity index (χ3v) is 5.24. The molecule has 1 N–H and O–H groups in total. The lowest BCUT2D eigenvalue weighted by molar-refractivity contribution is -0.0339. The average molecular weight is 334 g/mol. The standard InChI is InChI=1S/C17H26N4OS/c1-3-21-13-15(10-19-21)9-18-11-16(17-5-4-8-23-17)20-6-7-22-14(2)12-20/h4-5,8,10,13-14,16,18H,3,6-7,9,11-12H2,1-2H3/t14-,16+/m0/s1. The van der Waals surface area contributed by atoms with E-state index in [0.29, 0.717) is 12.1 Å². The molecule has 0 saturated carbocycles. The molecule has 6 heteroatoms. The maximum absolute atomic E-state index is 5.69. The van der Waals surface area contributed by atoms with E-state index >= 15 is 0 Å². The van der Waals surface area contributed by atoms with Gasteiger partial charge in [0.1, 0.15) is 0 Å². The lowest BCUT2D eigenvalue weighted by Crippen LogP contribution is -2.45. The monoisotopic (exact) mass is 334 g/mol. The molecule has 23 heavy (non-hydrogen) atoms. The molecule has 0 spiro atoms. The van der Waals surface area contributed by atoms with Gasteiger partial charge in [-0.15, -0.1) is 11.3 Å². The van der Waals surface area contributed by atoms with Gasteiger partial charge in [0, 0.05) is 49.4 Å². The Morgan fingerprint density at radius 2 is 2.43 bits per heavy atom. The van der Waals surface area contributed by atoms with Crippen LogP contribution in [0.4, 0.5) is 0 Å². The van der Waals surface area contributed by atoms with Crippen molar-refractivity contribution in [3.05, 3.63) is 40.3 Å². The number of nitrogens with zero attached hydrogens (tertiary/aromatic N) is 3. The van der Waals surface area contributed by atoms with Crippen molar-refractivity contribution in [1.82, 2.24) is 20.0 Å². The van der Waals surface area contributed by atoms with Crippen molar-refractivity contribution in [3.63, 3.8) is 0 Å². The molecule has 0 unspecified atom stereocenters. The molecule has 3 heterocycles. The molecule has 0 aliphatic carbocycles. The maximum atomic E-state index is 5.69. The first-order valence-electron chi connectivity index (χ1n) is 8.37. The van der Waals surface area contributed by atoms with Gasteiger partial charge in [-0.25, -0.2) is 0 Å². The first-order chi connectivity index (χ1) is 11.3. The van der Waals surface area contributed by atoms with Crippen molar-refractivity contribution in [3.8, 4) is 0 Å². The summed E-state index contributed by atoms with van der Waals surface area (Å²) < 4.78 is 7.66. The summed E-state index contributed by atoms with van der Waals surface area (Å²) in [4.78, 5) is 3.97. The van der Waals surface area contributed by atoms with E-state index in [-0.39, 0.29) is 0 Å². The van der Waals surface area contributed by atoms with Crippen LogP contribution in [0, 0.1) is 0 Å². The fourth-order valence-electron chi connectivity index (χ4n) is 3.04. The van der Waals surface area contributed by atoms with Crippen LogP contribution in [0.25, 0.3) is 0 Å². The van der Waals surface area contributed by atoms with Gasteiger partial charge in [0.15, 0.2) is 0 Å². The van der Waals surface area contributed by atoms with Crippen molar-refractivity contribution >= 4 is 11.3 Å². The minimum Gasteiger partial charge on any atom is -0.376 e. The first-order valence-corrected chi connectivity index (χ1v) is 9.25. The van der Waals surface area contributed by atoms with E-state index in [2.05, 4.69) is 52.9 Å². The molecule has 0 radical (unpaired) electrons. The van der Waals surface area contributed by atoms with Crippen molar-refractivity contribution in [2.24, 2.45) is 0 Å². The highest BCUT2D eigenvalue weighted by Crippen LogP contribution is 2.26. The van der Waals surface area contributed by atoms with Crippen LogP contribution >= 0.6 is 11.3 Å². The first kappa shape index (κ1) is 16.6. The Balaban J connectivity index is 1.60. The highest BCUT2D eigenvalue weighted by atomic mass is 32.1. The van der Waals surface area contributed by atoms with E-state index < -0.39 is 0 Å². The number of morpholine rings is 1. The number of aromatic nitrogens is 2. The summed E-state index contributed by atoms with van der Waals surface area (Å²) in [6.45, 7) is 9.82. The number of hydrogen-bond donors (Lipinski definition) is 1. The van der Waals surface area contributed by atoms with Gasteiger partial charge in [-0.05, 0) is 25.3 Å². The van der Waals surface area contributed by atoms with Gasteiger partial charge in [-0.3, -0.25) is 9.58 Å². The molecular weight excluding hydrogens is 308 g/mol. The fourth-order valence-corrected chi connectivity index (χ4v) is 3.90. The predicted octanol–water partition coefficient (Wildman–Crippen LogP) is 2.52. The molecule has 0 bridgehead atoms. The van der Waals surface area contributed by atoms with Gasteiger partial charge in [0.2, 0.25) is 0 Å². The van der Waals surface area contributed by atoms with Crippen molar-refractivity contribution in [1.29, 1.82) is 0 Å². The molecule has 126 valence electrons. The molecule has 5 nitrogen and oxygen atoms in total. The zero-order valence-electron chi connectivity index (χ0n) is 13.9. The molecule has 0 aromatic carbocycles. The Morgan fingerprint density at radius 3 is 3.13 bits per heavy atom. The summed E-state index contributed by atoms with van der Waals surface area (Å²) in [6.07, 6.45) is 4.38. The largest absolute Gasteiger partial charge is 0.376 e. The molecule has 2 atom stereocenters. The molecule has 0 amide bonds. The van der Waals surface area contributed by atoms with Crippen LogP contribution in [-0.4, -0.2) is 47.0 Å². The molecule has 1 saturated heterocycles. The minimum absolute atomic E-state index is 0.314. The van der Waals surface area contributed by atoms with Crippen LogP contribution in [0.3, 0.4) is 0 Å². The molecule has 1 aliphatic rings. The topological polar surface area (TPSA) is 42.3 Å². The second-order valence-corrected chi connectivity index (χ2v) is 7.02. The van der Waals surface area contributed by atoms with E-state index in [9.17, 15) is 0 Å². The Kier molecular flexibility index (Phi) is 5.83. The highest BCUT2D eigenvalue weighted by molar-refractivity contribution is 7.10. The average Bonchev–Trinajstić information content (AvgIpc) is 3.23. The van der Waals surface area contributed by atoms with Gasteiger partial charge >= 0.3 is 0 Å². The molecule has 1 fully saturated rings. The molecule has 3 rings (SSSR count). The molecule has 2 aromatic rings. The highest BCUT2D eigenvalue weighted by Gasteiger charge is 2.25. The van der Waals surface area contributed by atoms with Crippen LogP contribution in [-0.2, 0) is 17.8 Å². The number of thiophene rings is 1. The third kappa shape index (κ3) is 4.41. The summed E-state index contributed by atoms with van der Waals surface area (Å²) in [5.74, 6) is 0. The van der Waals surface area contributed by atoms with Crippen LogP contribution in [0.1, 0.15) is 30.3 Å². The van der Waals surface area contributed by atoms with Gasteiger partial charge in [-0.1, -0.05) is 6.07 Å². The summed E-state index contributed by atoms with van der Waals surface area (Å²) in [7, 11) is 0. The second-order valence-electron chi connectivity index (χ2n) is 6.04. The quantitative estimate of drug-likeness (QED) is 0.845. The van der Waals surface area contributed by atoms with E-state index in [1.807, 2.05) is 22.2 Å². The zero-order valence-corrected chi connectivity index (χ0v) is 14.8. The lowest BCUT2D eigenvalue weighted by Gasteiger charge is -2.37. The van der Waals surface area contributed by atoms with Gasteiger partial charge in [0.25, 0.3) is 0 Å². The van der Waals surface area contributed by atoms with Crippen LogP contribution in [0.2, 0.25) is 0 Å². The summed E-state index contributed by atoms with van der Waals surface area (Å²) in [6, 6.07) is 4.80. The number of ether oxygens (including phenoxy) is 1. The molecule has 1 aliphatic heterocycles. The normalized spacial score (nSPS) is 20.7. The van der Waals surface area contributed by atoms with E-state index in [0.717, 1.165) is 39.3 Å². The Bertz CT molecular complexity index is 583. The Hall–Kier alpha value is -1.21. The minimum atomic E-state index is 0.314. The number of nitrogens with one attached hydrogen (secondary N) is 1. The third-order valence-electron chi connectivity index (χ3n) is 4.26. The van der Waals surface area contributed by atoms with Crippen LogP contribution < -0.4 is 5.32 Å². The summed E-state index contributed by atoms with van der Waals surface area (Å²) >= 11 is 1.84. The number of hydrogen-bond acceptors (Lipinski definition) is 5. The van der Waals surface area contributed by atoms with E-state index in [1.54, 1.807) is 0 Å². The Labute approximate surface area is 142 Å². The van der Waals surface area contributed by atoms with Crippen molar-refractivity contribution in [2.45, 2.75) is 39.1 Å².